The Balaban J connectivity index is 4.30. The second-order valence-corrected chi connectivity index (χ2v) is 8.41. The third kappa shape index (κ3) is 3.87. The van der Waals surface area contributed by atoms with Gasteiger partial charge in [0.15, 0.2) is 0 Å². The van der Waals surface area contributed by atoms with Crippen LogP contribution in [0, 0.1) is 0 Å². The minimum atomic E-state index is -1.06. The van der Waals surface area contributed by atoms with Crippen LogP contribution in [-0.2, 0) is 4.52 Å². The summed E-state index contributed by atoms with van der Waals surface area (Å²) in [5.41, 5.74) is 0.0375. The third-order valence-corrected chi connectivity index (χ3v) is 6.59. The highest BCUT2D eigenvalue weighted by atomic mass is 31.2. The van der Waals surface area contributed by atoms with E-state index in [-0.39, 0.29) is 5.60 Å². The van der Waals surface area contributed by atoms with E-state index in [2.05, 4.69) is 41.5 Å². The SMILES string of the molecule is CC[P+](CC)(CC)OC(C)(C)C. The Morgan fingerprint density at radius 2 is 1.25 bits per heavy atom. The third-order valence-electron chi connectivity index (χ3n) is 2.20. The summed E-state index contributed by atoms with van der Waals surface area (Å²) in [7, 11) is -1.06. The Hall–Kier alpha value is 0.390. The fourth-order valence-electron chi connectivity index (χ4n) is 1.45. The van der Waals surface area contributed by atoms with Crippen LogP contribution in [0.15, 0.2) is 0 Å². The van der Waals surface area contributed by atoms with Crippen molar-refractivity contribution >= 4 is 7.49 Å². The molecule has 0 fully saturated rings. The largest absolute Gasteiger partial charge is 0.233 e. The van der Waals surface area contributed by atoms with Gasteiger partial charge >= 0.3 is 0 Å². The summed E-state index contributed by atoms with van der Waals surface area (Å²) in [6.07, 6.45) is 3.66. The highest BCUT2D eigenvalue weighted by Gasteiger charge is 2.37. The summed E-state index contributed by atoms with van der Waals surface area (Å²) in [6.45, 7) is 13.2. The van der Waals surface area contributed by atoms with Crippen molar-refractivity contribution in [2.24, 2.45) is 0 Å². The lowest BCUT2D eigenvalue weighted by Crippen LogP contribution is -2.22. The second kappa shape index (κ2) is 4.58. The minimum absolute atomic E-state index is 0.0375. The summed E-state index contributed by atoms with van der Waals surface area (Å²) in [5, 5.41) is 0. The molecule has 0 N–H and O–H groups in total. The molecular weight excluding hydrogens is 167 g/mol. The normalized spacial score (nSPS) is 13.5. The van der Waals surface area contributed by atoms with E-state index >= 15 is 0 Å². The monoisotopic (exact) mass is 191 g/mol. The van der Waals surface area contributed by atoms with Crippen molar-refractivity contribution < 1.29 is 4.52 Å². The first-order chi connectivity index (χ1) is 5.39. The van der Waals surface area contributed by atoms with Crippen LogP contribution in [0.2, 0.25) is 0 Å². The molecule has 0 saturated heterocycles. The fraction of sp³-hybridized carbons (Fsp3) is 1.00. The van der Waals surface area contributed by atoms with Gasteiger partial charge in [0.2, 0.25) is 0 Å². The molecule has 0 unspecified atom stereocenters. The Kier molecular flexibility index (Phi) is 4.73. The van der Waals surface area contributed by atoms with E-state index in [1.54, 1.807) is 0 Å². The van der Waals surface area contributed by atoms with E-state index < -0.39 is 7.49 Å². The second-order valence-electron chi connectivity index (χ2n) is 4.21. The zero-order valence-electron chi connectivity index (χ0n) is 9.48. The Labute approximate surface area is 78.3 Å². The quantitative estimate of drug-likeness (QED) is 0.614. The van der Waals surface area contributed by atoms with Gasteiger partial charge in [0.25, 0.3) is 0 Å². The minimum Gasteiger partial charge on any atom is -0.233 e. The molecule has 0 aromatic carbocycles. The average molecular weight is 191 g/mol. The number of rotatable bonds is 4. The lowest BCUT2D eigenvalue weighted by atomic mass is 10.2. The molecule has 0 saturated carbocycles. The average Bonchev–Trinajstić information content (AvgIpc) is 1.99. The summed E-state index contributed by atoms with van der Waals surface area (Å²) in [4.78, 5) is 0. The molecule has 1 nitrogen and oxygen atoms in total. The molecule has 0 heterocycles. The maximum Gasteiger partial charge on any atom is 0.145 e. The Morgan fingerprint density at radius 1 is 0.917 bits per heavy atom. The van der Waals surface area contributed by atoms with Gasteiger partial charge in [-0.25, -0.2) is 4.52 Å². The molecule has 0 rings (SSSR count). The Bertz CT molecular complexity index is 114. The smallest absolute Gasteiger partial charge is 0.145 e. The molecule has 0 aliphatic heterocycles. The maximum absolute atomic E-state index is 6.18. The lowest BCUT2D eigenvalue weighted by molar-refractivity contribution is 0.143. The molecule has 0 aliphatic carbocycles. The van der Waals surface area contributed by atoms with E-state index in [4.69, 9.17) is 4.52 Å². The molecule has 0 atom stereocenters. The first kappa shape index (κ1) is 12.4. The van der Waals surface area contributed by atoms with Crippen molar-refractivity contribution in [1.29, 1.82) is 0 Å². The van der Waals surface area contributed by atoms with Crippen LogP contribution in [-0.4, -0.2) is 24.1 Å². The highest BCUT2D eigenvalue weighted by Crippen LogP contribution is 2.61. The predicted octanol–water partition coefficient (Wildman–Crippen LogP) is 3.79. The summed E-state index contributed by atoms with van der Waals surface area (Å²) < 4.78 is 6.18. The van der Waals surface area contributed by atoms with Crippen LogP contribution in [0.4, 0.5) is 0 Å². The van der Waals surface area contributed by atoms with Gasteiger partial charge in [-0.15, -0.1) is 0 Å². The Morgan fingerprint density at radius 3 is 1.33 bits per heavy atom. The van der Waals surface area contributed by atoms with Crippen LogP contribution >= 0.6 is 7.49 Å². The topological polar surface area (TPSA) is 9.23 Å². The van der Waals surface area contributed by atoms with Gasteiger partial charge < -0.3 is 0 Å². The van der Waals surface area contributed by atoms with Gasteiger partial charge in [0, 0.05) is 0 Å². The van der Waals surface area contributed by atoms with Crippen LogP contribution in [0.5, 0.6) is 0 Å². The van der Waals surface area contributed by atoms with Gasteiger partial charge in [0.05, 0.1) is 18.5 Å². The lowest BCUT2D eigenvalue weighted by Gasteiger charge is -2.29. The van der Waals surface area contributed by atoms with Crippen LogP contribution in [0.3, 0.4) is 0 Å². The molecule has 0 radical (unpaired) electrons. The zero-order valence-corrected chi connectivity index (χ0v) is 10.4. The van der Waals surface area contributed by atoms with Crippen molar-refractivity contribution in [1.82, 2.24) is 0 Å². The van der Waals surface area contributed by atoms with Crippen molar-refractivity contribution in [2.45, 2.75) is 47.1 Å². The first-order valence-electron chi connectivity index (χ1n) is 4.96. The van der Waals surface area contributed by atoms with Gasteiger partial charge in [-0.05, 0) is 41.5 Å². The number of hydrogen-bond acceptors (Lipinski definition) is 1. The summed E-state index contributed by atoms with van der Waals surface area (Å²) >= 11 is 0. The highest BCUT2D eigenvalue weighted by molar-refractivity contribution is 7.71. The molecule has 0 aromatic rings. The summed E-state index contributed by atoms with van der Waals surface area (Å²) in [6, 6.07) is 0. The predicted molar refractivity (Wildman–Crippen MR) is 59.4 cm³/mol. The molecule has 2 heteroatoms. The molecular formula is C10H24OP+. The van der Waals surface area contributed by atoms with Gasteiger partial charge in [-0.3, -0.25) is 0 Å². The molecule has 0 amide bonds. The van der Waals surface area contributed by atoms with E-state index in [9.17, 15) is 0 Å². The van der Waals surface area contributed by atoms with Crippen molar-refractivity contribution in [3.63, 3.8) is 0 Å². The van der Waals surface area contributed by atoms with Crippen molar-refractivity contribution in [3.8, 4) is 0 Å². The van der Waals surface area contributed by atoms with Crippen molar-refractivity contribution in [2.75, 3.05) is 18.5 Å². The van der Waals surface area contributed by atoms with E-state index in [1.165, 1.54) is 18.5 Å². The van der Waals surface area contributed by atoms with Gasteiger partial charge in [0.1, 0.15) is 13.1 Å². The van der Waals surface area contributed by atoms with Gasteiger partial charge in [-0.1, -0.05) is 0 Å². The van der Waals surface area contributed by atoms with E-state index in [1.807, 2.05) is 0 Å². The molecule has 0 bridgehead atoms. The van der Waals surface area contributed by atoms with Crippen LogP contribution in [0.1, 0.15) is 41.5 Å². The van der Waals surface area contributed by atoms with Crippen LogP contribution < -0.4 is 0 Å². The first-order valence-corrected chi connectivity index (χ1v) is 7.22. The van der Waals surface area contributed by atoms with Crippen LogP contribution in [0.25, 0.3) is 0 Å². The summed E-state index contributed by atoms with van der Waals surface area (Å²) in [5.74, 6) is 0. The maximum atomic E-state index is 6.18. The molecule has 0 aliphatic rings. The number of hydrogen-bond donors (Lipinski definition) is 0. The van der Waals surface area contributed by atoms with Gasteiger partial charge in [-0.2, -0.15) is 0 Å². The zero-order chi connectivity index (χ0) is 9.83. The molecule has 0 aromatic heterocycles. The molecule has 12 heavy (non-hydrogen) atoms. The molecule has 74 valence electrons. The van der Waals surface area contributed by atoms with E-state index in [0.717, 1.165) is 0 Å². The molecule has 0 spiro atoms. The van der Waals surface area contributed by atoms with Crippen molar-refractivity contribution in [3.05, 3.63) is 0 Å². The fourth-order valence-corrected chi connectivity index (χ4v) is 4.34. The standard InChI is InChI=1S/C10H24OP/c1-7-12(8-2,9-3)11-10(4,5)6/h7-9H2,1-6H3/q+1. The van der Waals surface area contributed by atoms with E-state index in [0.29, 0.717) is 0 Å².